The maximum Gasteiger partial charge on any atom is 0.119 e. The van der Waals surface area contributed by atoms with Gasteiger partial charge in [0.1, 0.15) is 5.75 Å². The molecule has 0 amide bonds. The van der Waals surface area contributed by atoms with Crippen molar-refractivity contribution in [3.63, 3.8) is 0 Å². The summed E-state index contributed by atoms with van der Waals surface area (Å²) >= 11 is 1.89. The highest BCUT2D eigenvalue weighted by atomic mass is 32.1. The molecule has 0 saturated carbocycles. The van der Waals surface area contributed by atoms with Crippen molar-refractivity contribution in [1.29, 1.82) is 0 Å². The predicted octanol–water partition coefficient (Wildman–Crippen LogP) is 4.80. The minimum absolute atomic E-state index is 0.331. The topological polar surface area (TPSA) is 21.3 Å². The van der Waals surface area contributed by atoms with Crippen LogP contribution in [0.4, 0.5) is 5.69 Å². The molecular weight excluding hydrogens is 254 g/mol. The van der Waals surface area contributed by atoms with E-state index in [2.05, 4.69) is 50.4 Å². The van der Waals surface area contributed by atoms with Crippen LogP contribution in [-0.4, -0.2) is 7.11 Å². The molecule has 1 heterocycles. The van der Waals surface area contributed by atoms with Crippen LogP contribution in [0, 0.1) is 6.92 Å². The number of rotatable bonds is 5. The summed E-state index contributed by atoms with van der Waals surface area (Å²) in [4.78, 5) is 2.82. The number of thiophene rings is 1. The molecule has 3 heteroatoms. The highest BCUT2D eigenvalue weighted by molar-refractivity contribution is 7.12. The molecule has 0 aliphatic heterocycles. The largest absolute Gasteiger partial charge is 0.497 e. The SMILES string of the molecule is CCc1ccc(C(C)Nc2ccc(OC)cc2C)s1. The number of benzene rings is 1. The van der Waals surface area contributed by atoms with Gasteiger partial charge >= 0.3 is 0 Å². The van der Waals surface area contributed by atoms with Crippen LogP contribution in [0.1, 0.15) is 35.2 Å². The van der Waals surface area contributed by atoms with Gasteiger partial charge in [-0.3, -0.25) is 0 Å². The van der Waals surface area contributed by atoms with Gasteiger partial charge in [0.25, 0.3) is 0 Å². The lowest BCUT2D eigenvalue weighted by Crippen LogP contribution is -2.06. The van der Waals surface area contributed by atoms with E-state index in [9.17, 15) is 0 Å². The maximum atomic E-state index is 5.23. The zero-order valence-corrected chi connectivity index (χ0v) is 12.8. The molecule has 2 nitrogen and oxygen atoms in total. The molecule has 0 aliphatic rings. The Morgan fingerprint density at radius 1 is 1.26 bits per heavy atom. The van der Waals surface area contributed by atoms with Crippen LogP contribution in [0.15, 0.2) is 30.3 Å². The van der Waals surface area contributed by atoms with Crippen molar-refractivity contribution < 1.29 is 4.74 Å². The van der Waals surface area contributed by atoms with Gasteiger partial charge in [-0.1, -0.05) is 6.92 Å². The summed E-state index contributed by atoms with van der Waals surface area (Å²) in [5, 5.41) is 3.57. The maximum absolute atomic E-state index is 5.23. The van der Waals surface area contributed by atoms with Gasteiger partial charge in [0.05, 0.1) is 13.2 Å². The standard InChI is InChI=1S/C16H21NOS/c1-5-14-7-9-16(19-14)12(3)17-15-8-6-13(18-4)10-11(15)2/h6-10,12,17H,5H2,1-4H3. The molecule has 0 fully saturated rings. The fourth-order valence-corrected chi connectivity index (χ4v) is 3.00. The molecular formula is C16H21NOS. The van der Waals surface area contributed by atoms with E-state index in [0.717, 1.165) is 12.2 Å². The lowest BCUT2D eigenvalue weighted by Gasteiger charge is -2.16. The van der Waals surface area contributed by atoms with Crippen LogP contribution in [0.2, 0.25) is 0 Å². The summed E-state index contributed by atoms with van der Waals surface area (Å²) in [7, 11) is 1.70. The van der Waals surface area contributed by atoms with Crippen molar-refractivity contribution in [1.82, 2.24) is 0 Å². The molecule has 2 aromatic rings. The third-order valence-corrected chi connectivity index (χ3v) is 4.68. The average Bonchev–Trinajstić information content (AvgIpc) is 2.90. The van der Waals surface area contributed by atoms with Crippen molar-refractivity contribution >= 4 is 17.0 Å². The third kappa shape index (κ3) is 3.29. The molecule has 19 heavy (non-hydrogen) atoms. The van der Waals surface area contributed by atoms with E-state index >= 15 is 0 Å². The van der Waals surface area contributed by atoms with E-state index in [1.165, 1.54) is 21.0 Å². The fourth-order valence-electron chi connectivity index (χ4n) is 2.05. The summed E-state index contributed by atoms with van der Waals surface area (Å²) in [6.07, 6.45) is 1.11. The highest BCUT2D eigenvalue weighted by Crippen LogP contribution is 2.29. The Kier molecular flexibility index (Phi) is 4.48. The molecule has 1 unspecified atom stereocenters. The molecule has 1 N–H and O–H groups in total. The first-order chi connectivity index (χ1) is 9.13. The Morgan fingerprint density at radius 2 is 2.05 bits per heavy atom. The molecule has 1 aromatic heterocycles. The zero-order chi connectivity index (χ0) is 13.8. The van der Waals surface area contributed by atoms with Gasteiger partial charge in [0.2, 0.25) is 0 Å². The highest BCUT2D eigenvalue weighted by Gasteiger charge is 2.09. The van der Waals surface area contributed by atoms with E-state index in [1.807, 2.05) is 17.4 Å². The van der Waals surface area contributed by atoms with Gasteiger partial charge in [0, 0.05) is 15.4 Å². The number of nitrogens with one attached hydrogen (secondary N) is 1. The second kappa shape index (κ2) is 6.11. The lowest BCUT2D eigenvalue weighted by molar-refractivity contribution is 0.414. The van der Waals surface area contributed by atoms with Crippen LogP contribution in [0.25, 0.3) is 0 Å². The second-order valence-electron chi connectivity index (χ2n) is 4.70. The Morgan fingerprint density at radius 3 is 2.63 bits per heavy atom. The number of aryl methyl sites for hydroxylation is 2. The molecule has 0 radical (unpaired) electrons. The summed E-state index contributed by atoms with van der Waals surface area (Å²) in [6.45, 7) is 6.50. The molecule has 0 bridgehead atoms. The van der Waals surface area contributed by atoms with Gasteiger partial charge in [0.15, 0.2) is 0 Å². The van der Waals surface area contributed by atoms with Crippen LogP contribution in [0.3, 0.4) is 0 Å². The van der Waals surface area contributed by atoms with Crippen LogP contribution in [0.5, 0.6) is 5.75 Å². The Hall–Kier alpha value is -1.48. The summed E-state index contributed by atoms with van der Waals surface area (Å²) < 4.78 is 5.23. The first kappa shape index (κ1) is 13.9. The smallest absolute Gasteiger partial charge is 0.119 e. The number of anilines is 1. The molecule has 0 saturated heterocycles. The number of ether oxygens (including phenoxy) is 1. The monoisotopic (exact) mass is 275 g/mol. The first-order valence-corrected chi connectivity index (χ1v) is 7.45. The summed E-state index contributed by atoms with van der Waals surface area (Å²) in [6, 6.07) is 10.9. The Balaban J connectivity index is 2.12. The zero-order valence-electron chi connectivity index (χ0n) is 12.0. The van der Waals surface area contributed by atoms with Gasteiger partial charge in [-0.05, 0) is 56.2 Å². The van der Waals surface area contributed by atoms with E-state index in [-0.39, 0.29) is 0 Å². The molecule has 1 atom stereocenters. The molecule has 1 aromatic carbocycles. The average molecular weight is 275 g/mol. The van der Waals surface area contributed by atoms with E-state index < -0.39 is 0 Å². The molecule has 102 valence electrons. The van der Waals surface area contributed by atoms with Crippen molar-refractivity contribution in [2.24, 2.45) is 0 Å². The van der Waals surface area contributed by atoms with Gasteiger partial charge in [-0.2, -0.15) is 0 Å². The second-order valence-corrected chi connectivity index (χ2v) is 5.90. The number of hydrogen-bond donors (Lipinski definition) is 1. The van der Waals surface area contributed by atoms with Gasteiger partial charge in [-0.15, -0.1) is 11.3 Å². The van der Waals surface area contributed by atoms with Crippen LogP contribution >= 0.6 is 11.3 Å². The Bertz CT molecular complexity index is 547. The van der Waals surface area contributed by atoms with E-state index in [1.54, 1.807) is 7.11 Å². The van der Waals surface area contributed by atoms with Gasteiger partial charge in [-0.25, -0.2) is 0 Å². The number of hydrogen-bond acceptors (Lipinski definition) is 3. The van der Waals surface area contributed by atoms with E-state index in [0.29, 0.717) is 6.04 Å². The molecule has 0 spiro atoms. The van der Waals surface area contributed by atoms with Crippen LogP contribution in [-0.2, 0) is 6.42 Å². The molecule has 0 aliphatic carbocycles. The van der Waals surface area contributed by atoms with Gasteiger partial charge < -0.3 is 10.1 Å². The third-order valence-electron chi connectivity index (χ3n) is 3.26. The van der Waals surface area contributed by atoms with Crippen LogP contribution < -0.4 is 10.1 Å². The fraction of sp³-hybridized carbons (Fsp3) is 0.375. The Labute approximate surface area is 119 Å². The quantitative estimate of drug-likeness (QED) is 0.846. The predicted molar refractivity (Wildman–Crippen MR) is 83.5 cm³/mol. The molecule has 2 rings (SSSR count). The van der Waals surface area contributed by atoms with Crippen molar-refractivity contribution in [3.8, 4) is 5.75 Å². The first-order valence-electron chi connectivity index (χ1n) is 6.63. The van der Waals surface area contributed by atoms with Crippen molar-refractivity contribution in [2.45, 2.75) is 33.2 Å². The minimum Gasteiger partial charge on any atom is -0.497 e. The minimum atomic E-state index is 0.331. The lowest BCUT2D eigenvalue weighted by atomic mass is 10.1. The summed E-state index contributed by atoms with van der Waals surface area (Å²) in [5.41, 5.74) is 2.37. The normalized spacial score (nSPS) is 12.2. The number of methoxy groups -OCH3 is 1. The van der Waals surface area contributed by atoms with E-state index in [4.69, 9.17) is 4.74 Å². The van der Waals surface area contributed by atoms with Crippen molar-refractivity contribution in [2.75, 3.05) is 12.4 Å². The van der Waals surface area contributed by atoms with Crippen molar-refractivity contribution in [3.05, 3.63) is 45.6 Å². The summed E-state index contributed by atoms with van der Waals surface area (Å²) in [5.74, 6) is 0.903.